The van der Waals surface area contributed by atoms with Crippen LogP contribution in [0.2, 0.25) is 0 Å². The molecule has 4 saturated carbocycles. The van der Waals surface area contributed by atoms with Crippen molar-refractivity contribution in [3.63, 3.8) is 0 Å². The van der Waals surface area contributed by atoms with Gasteiger partial charge in [-0.25, -0.2) is 18.9 Å². The van der Waals surface area contributed by atoms with Gasteiger partial charge >= 0.3 is 21.3 Å². The molecular formula is C70H127N3O18P2-2. The number of aliphatic imine (C=N–C) groups is 1. The molecule has 93 heavy (non-hydrogen) atoms. The molecule has 1 aliphatic heterocycles. The first-order chi connectivity index (χ1) is 45.2. The third kappa shape index (κ3) is 38.9. The summed E-state index contributed by atoms with van der Waals surface area (Å²) in [5.74, 6) is 2.21. The van der Waals surface area contributed by atoms with Crippen molar-refractivity contribution in [2.24, 2.45) is 28.2 Å². The lowest BCUT2D eigenvalue weighted by Gasteiger charge is -2.57. The standard InChI is InChI=1S/C70H129N3O18P2/c1-60-58-73(69(77)72-68(60)76)67-53-64(74)65(91-67)59-90-93(80,81)89-49-35-21-19-32-46-86-44-30-17-15-28-42-84-40-26-13-11-24-38-82-37-23-10-12-25-39-83-41-27-14-16-29-43-85-45-31-18-20-34-48-88-92(78,79)87-47-33-9-7-5-3-2-4-6-8-22-36-71-66(75)57-70-54-61-50-62(55-70)52-63(51-61)56-70/h58,61-65,67,74H,2-57,59H2,1H3,(H,71,75)(H,78,79)(H,80,81)(H,72,76,77)/p-2/t61?,62?,63?,64-,65+,67+,70?/m0/s1. The zero-order chi connectivity index (χ0) is 66.3. The minimum atomic E-state index is -4.36. The molecule has 0 spiro atoms. The summed E-state index contributed by atoms with van der Waals surface area (Å²) >= 11 is 0. The number of phosphoric acid groups is 2. The SMILES string of the molecule is Cc1cn([C@H]2C[C@H](O)[C@@H](COP(=O)(O)OCCCCCCOCCCCCCOCCCCCCOCCCCCCOCCCCCCOCCCCCCOP(=O)(O)OCCCCCCCCCCCCN=C([O-])CC34CC5CC(CC(C5)C3)C4)O2)c(=O)nc1[O-]. The molecule has 542 valence electrons. The van der Waals surface area contributed by atoms with Crippen LogP contribution in [0.3, 0.4) is 0 Å². The van der Waals surface area contributed by atoms with Gasteiger partial charge in [0, 0.05) is 85.2 Å². The van der Waals surface area contributed by atoms with Gasteiger partial charge in [0.1, 0.15) is 12.3 Å². The quantitative estimate of drug-likeness (QED) is 0.0236. The molecule has 23 heteroatoms. The Morgan fingerprint density at radius 3 is 1.18 bits per heavy atom. The molecule has 0 amide bonds. The Morgan fingerprint density at radius 1 is 0.516 bits per heavy atom. The molecular weight excluding hydrogens is 1230 g/mol. The second-order valence-electron chi connectivity index (χ2n) is 27.5. The van der Waals surface area contributed by atoms with Crippen LogP contribution >= 0.6 is 15.6 Å². The average molecular weight is 1360 g/mol. The Kier molecular flexibility index (Phi) is 44.3. The van der Waals surface area contributed by atoms with Crippen LogP contribution in [0.5, 0.6) is 5.88 Å². The van der Waals surface area contributed by atoms with Gasteiger partial charge in [-0.2, -0.15) is 0 Å². The number of nitrogens with zero attached hydrogens (tertiary/aromatic N) is 3. The Morgan fingerprint density at radius 2 is 0.828 bits per heavy atom. The van der Waals surface area contributed by atoms with Crippen LogP contribution in [0.1, 0.15) is 281 Å². The van der Waals surface area contributed by atoms with Gasteiger partial charge in [-0.05, 0) is 182 Å². The maximum absolute atomic E-state index is 12.7. The topological polar surface area (TPSA) is 280 Å². The van der Waals surface area contributed by atoms with E-state index in [2.05, 4.69) is 9.98 Å². The first-order valence-corrected chi connectivity index (χ1v) is 40.1. The highest BCUT2D eigenvalue weighted by atomic mass is 31.2. The van der Waals surface area contributed by atoms with Gasteiger partial charge in [-0.3, -0.25) is 22.7 Å². The van der Waals surface area contributed by atoms with Crippen molar-refractivity contribution >= 4 is 21.5 Å². The van der Waals surface area contributed by atoms with E-state index >= 15 is 0 Å². The van der Waals surface area contributed by atoms with E-state index in [4.69, 9.17) is 46.5 Å². The highest BCUT2D eigenvalue weighted by Gasteiger charge is 2.50. The summed E-state index contributed by atoms with van der Waals surface area (Å²) in [6, 6.07) is 0. The van der Waals surface area contributed by atoms with E-state index in [0.29, 0.717) is 31.4 Å². The molecule has 21 nitrogen and oxygen atoms in total. The van der Waals surface area contributed by atoms with E-state index in [9.17, 15) is 39.0 Å². The third-order valence-electron chi connectivity index (χ3n) is 19.0. The summed E-state index contributed by atoms with van der Waals surface area (Å²) in [5.41, 5.74) is -0.236. The van der Waals surface area contributed by atoms with Crippen molar-refractivity contribution in [2.75, 3.05) is 99.0 Å². The minimum Gasteiger partial charge on any atom is -0.862 e. The average Bonchev–Trinajstić information content (AvgIpc) is 1.30. The number of aliphatic hydroxyl groups is 1. The van der Waals surface area contributed by atoms with E-state index in [1.807, 2.05) is 0 Å². The summed E-state index contributed by atoms with van der Waals surface area (Å²) in [6.45, 7) is 10.3. The number of phosphoric ester groups is 2. The molecule has 1 aromatic rings. The van der Waals surface area contributed by atoms with Crippen LogP contribution in [0, 0.1) is 30.1 Å². The van der Waals surface area contributed by atoms with Crippen molar-refractivity contribution in [2.45, 2.75) is 295 Å². The van der Waals surface area contributed by atoms with Crippen molar-refractivity contribution in [1.82, 2.24) is 9.55 Å². The fraction of sp³-hybridized carbons (Fsp3) is 0.929. The van der Waals surface area contributed by atoms with Gasteiger partial charge in [-0.15, -0.1) is 0 Å². The number of aliphatic hydroxyl groups excluding tert-OH is 1. The number of aromatic nitrogens is 2. The van der Waals surface area contributed by atoms with Gasteiger partial charge in [0.2, 0.25) is 0 Å². The molecule has 0 aromatic carbocycles. The van der Waals surface area contributed by atoms with E-state index in [1.54, 1.807) is 0 Å². The molecule has 3 N–H and O–H groups in total. The number of unbranched alkanes of at least 4 members (excludes halogenated alkanes) is 27. The minimum absolute atomic E-state index is 0.0326. The number of rotatable bonds is 64. The largest absolute Gasteiger partial charge is 0.862 e. The lowest BCUT2D eigenvalue weighted by molar-refractivity contribution is -0.276. The second-order valence-corrected chi connectivity index (χ2v) is 30.4. The fourth-order valence-electron chi connectivity index (χ4n) is 14.2. The molecule has 5 aliphatic rings. The number of hydrogen-bond acceptors (Lipinski definition) is 18. The van der Waals surface area contributed by atoms with Gasteiger partial charge in [-0.1, -0.05) is 128 Å². The van der Waals surface area contributed by atoms with E-state index in [0.717, 1.165) is 229 Å². The number of hydrogen-bond donors (Lipinski definition) is 3. The van der Waals surface area contributed by atoms with Crippen LogP contribution in [-0.2, 0) is 55.6 Å². The lowest BCUT2D eigenvalue weighted by Crippen LogP contribution is -2.47. The van der Waals surface area contributed by atoms with Crippen molar-refractivity contribution in [3.8, 4) is 5.88 Å². The predicted octanol–water partition coefficient (Wildman–Crippen LogP) is 14.3. The fourth-order valence-corrected chi connectivity index (χ4v) is 15.7. The normalized spacial score (nSPS) is 22.5. The molecule has 2 unspecified atom stereocenters. The van der Waals surface area contributed by atoms with E-state index in [1.165, 1.54) is 116 Å². The Bertz CT molecular complexity index is 2190. The zero-order valence-corrected chi connectivity index (χ0v) is 59.3. The monoisotopic (exact) mass is 1360 g/mol. The van der Waals surface area contributed by atoms with Crippen LogP contribution < -0.4 is 15.9 Å². The van der Waals surface area contributed by atoms with Gasteiger partial charge < -0.3 is 58.5 Å². The number of ether oxygens (including phenoxy) is 6. The maximum atomic E-state index is 12.7. The number of aryl methyl sites for hydroxylation is 1. The van der Waals surface area contributed by atoms with Crippen molar-refractivity contribution < 1.29 is 80.8 Å². The van der Waals surface area contributed by atoms with Crippen molar-refractivity contribution in [1.29, 1.82) is 0 Å². The zero-order valence-electron chi connectivity index (χ0n) is 57.5. The molecule has 4 aliphatic carbocycles. The van der Waals surface area contributed by atoms with Gasteiger partial charge in [0.25, 0.3) is 0 Å². The van der Waals surface area contributed by atoms with Crippen LogP contribution in [0.25, 0.3) is 0 Å². The Hall–Kier alpha value is -1.91. The summed E-state index contributed by atoms with van der Waals surface area (Å²) in [5, 5.41) is 34.6. The van der Waals surface area contributed by atoms with Crippen LogP contribution in [0.15, 0.2) is 16.0 Å². The summed E-state index contributed by atoms with van der Waals surface area (Å²) in [4.78, 5) is 40.1. The first kappa shape index (κ1) is 81.8. The Balaban J connectivity index is 0.627. The molecule has 5 fully saturated rings. The molecule has 2 heterocycles. The summed E-state index contributed by atoms with van der Waals surface area (Å²) < 4.78 is 81.1. The third-order valence-corrected chi connectivity index (χ3v) is 21.0. The van der Waals surface area contributed by atoms with E-state index < -0.39 is 52.3 Å². The van der Waals surface area contributed by atoms with Crippen molar-refractivity contribution in [3.05, 3.63) is 22.2 Å². The first-order valence-electron chi connectivity index (χ1n) is 37.1. The molecule has 6 rings (SSSR count). The highest BCUT2D eigenvalue weighted by Crippen LogP contribution is 2.61. The smallest absolute Gasteiger partial charge is 0.472 e. The molecule has 1 aromatic heterocycles. The molecule has 1 saturated heterocycles. The maximum Gasteiger partial charge on any atom is 0.472 e. The second kappa shape index (κ2) is 50.4. The predicted molar refractivity (Wildman–Crippen MR) is 359 cm³/mol. The van der Waals surface area contributed by atoms with Crippen LogP contribution in [0.4, 0.5) is 0 Å². The summed E-state index contributed by atoms with van der Waals surface area (Å²) in [7, 11) is -8.35. The van der Waals surface area contributed by atoms with E-state index in [-0.39, 0.29) is 37.7 Å². The van der Waals surface area contributed by atoms with Gasteiger partial charge in [0.05, 0.1) is 32.5 Å². The summed E-state index contributed by atoms with van der Waals surface area (Å²) in [6.07, 6.45) is 43.3. The lowest BCUT2D eigenvalue weighted by atomic mass is 9.49. The molecule has 5 atom stereocenters. The Labute approximate surface area is 559 Å². The molecule has 0 radical (unpaired) electrons. The molecule has 4 bridgehead atoms. The van der Waals surface area contributed by atoms with Crippen LogP contribution in [-0.4, -0.2) is 142 Å². The van der Waals surface area contributed by atoms with Gasteiger partial charge in [0.15, 0.2) is 0 Å². The highest BCUT2D eigenvalue weighted by molar-refractivity contribution is 7.47.